The van der Waals surface area contributed by atoms with Gasteiger partial charge in [-0.3, -0.25) is 0 Å². The van der Waals surface area contributed by atoms with Gasteiger partial charge in [-0.1, -0.05) is 0 Å². The second-order valence-corrected chi connectivity index (χ2v) is 6.53. The van der Waals surface area contributed by atoms with Crippen LogP contribution in [0.25, 0.3) is 0 Å². The summed E-state index contributed by atoms with van der Waals surface area (Å²) in [6.45, 7) is 5.13. The van der Waals surface area contributed by atoms with Crippen LogP contribution in [0.3, 0.4) is 0 Å². The molecular weight excluding hydrogens is 368 g/mol. The summed E-state index contributed by atoms with van der Waals surface area (Å²) in [4.78, 5) is 8.73. The molecule has 0 saturated carbocycles. The van der Waals surface area contributed by atoms with Gasteiger partial charge < -0.3 is 24.8 Å². The maximum Gasteiger partial charge on any atom is 0.229 e. The average molecular weight is 394 g/mol. The number of hydrogen-bond acceptors (Lipinski definition) is 7. The van der Waals surface area contributed by atoms with Crippen LogP contribution >= 0.6 is 0 Å². The third-order valence-electron chi connectivity index (χ3n) is 3.87. The molecule has 7 heteroatoms. The standard InChI is InChI=1S/C22H26N4O3/c1-16(2)29-20-6-4-17(5-7-20)25-22-24-13-12-21(26-22)23-14-15-28-19-10-8-18(27-3)9-11-19/h4-13,16H,14-15H2,1-3H3,(H2,23,24,25,26). The lowest BCUT2D eigenvalue weighted by Gasteiger charge is -2.11. The molecule has 7 nitrogen and oxygen atoms in total. The van der Waals surface area contributed by atoms with Crippen LogP contribution < -0.4 is 24.8 Å². The van der Waals surface area contributed by atoms with Gasteiger partial charge in [-0.25, -0.2) is 4.98 Å². The number of rotatable bonds is 10. The zero-order valence-corrected chi connectivity index (χ0v) is 16.9. The number of aromatic nitrogens is 2. The minimum Gasteiger partial charge on any atom is -0.497 e. The molecule has 0 spiro atoms. The van der Waals surface area contributed by atoms with Crippen molar-refractivity contribution in [3.8, 4) is 17.2 Å². The summed E-state index contributed by atoms with van der Waals surface area (Å²) in [5.74, 6) is 3.67. The molecule has 0 radical (unpaired) electrons. The number of hydrogen-bond donors (Lipinski definition) is 2. The van der Waals surface area contributed by atoms with Gasteiger partial charge in [0.05, 0.1) is 19.8 Å². The summed E-state index contributed by atoms with van der Waals surface area (Å²) < 4.78 is 16.5. The fraction of sp³-hybridized carbons (Fsp3) is 0.273. The van der Waals surface area contributed by atoms with Gasteiger partial charge in [0.25, 0.3) is 0 Å². The smallest absolute Gasteiger partial charge is 0.229 e. The van der Waals surface area contributed by atoms with E-state index in [2.05, 4.69) is 20.6 Å². The second-order valence-electron chi connectivity index (χ2n) is 6.53. The Kier molecular flexibility index (Phi) is 7.10. The highest BCUT2D eigenvalue weighted by molar-refractivity contribution is 5.55. The van der Waals surface area contributed by atoms with E-state index in [9.17, 15) is 0 Å². The van der Waals surface area contributed by atoms with E-state index in [1.165, 1.54) is 0 Å². The molecule has 0 aliphatic carbocycles. The van der Waals surface area contributed by atoms with Crippen molar-refractivity contribution in [2.75, 3.05) is 30.9 Å². The van der Waals surface area contributed by atoms with Crippen LogP contribution in [-0.2, 0) is 0 Å². The highest BCUT2D eigenvalue weighted by Gasteiger charge is 2.02. The first-order chi connectivity index (χ1) is 14.1. The summed E-state index contributed by atoms with van der Waals surface area (Å²) in [5, 5.41) is 6.42. The van der Waals surface area contributed by atoms with E-state index in [0.29, 0.717) is 19.1 Å². The molecule has 0 aliphatic rings. The molecule has 1 aromatic heterocycles. The monoisotopic (exact) mass is 394 g/mol. The Morgan fingerprint density at radius 2 is 1.59 bits per heavy atom. The fourth-order valence-electron chi connectivity index (χ4n) is 2.56. The largest absolute Gasteiger partial charge is 0.497 e. The third-order valence-corrected chi connectivity index (χ3v) is 3.87. The van der Waals surface area contributed by atoms with Gasteiger partial charge in [0.1, 0.15) is 29.7 Å². The Hall–Kier alpha value is -3.48. The number of nitrogens with zero attached hydrogens (tertiary/aromatic N) is 2. The quantitative estimate of drug-likeness (QED) is 0.490. The normalized spacial score (nSPS) is 10.5. The van der Waals surface area contributed by atoms with Crippen molar-refractivity contribution in [1.29, 1.82) is 0 Å². The van der Waals surface area contributed by atoms with E-state index in [-0.39, 0.29) is 6.10 Å². The molecule has 0 amide bonds. The van der Waals surface area contributed by atoms with Gasteiger partial charge in [0.2, 0.25) is 5.95 Å². The molecule has 2 N–H and O–H groups in total. The molecule has 0 aliphatic heterocycles. The minimum absolute atomic E-state index is 0.147. The Balaban J connectivity index is 1.47. The summed E-state index contributed by atoms with van der Waals surface area (Å²) >= 11 is 0. The highest BCUT2D eigenvalue weighted by Crippen LogP contribution is 2.20. The number of benzene rings is 2. The van der Waals surface area contributed by atoms with Gasteiger partial charge in [0, 0.05) is 11.9 Å². The molecule has 0 atom stereocenters. The summed E-state index contributed by atoms with van der Waals surface area (Å²) in [7, 11) is 1.64. The number of nitrogens with one attached hydrogen (secondary N) is 2. The van der Waals surface area contributed by atoms with Crippen LogP contribution in [0.5, 0.6) is 17.2 Å². The molecule has 0 unspecified atom stereocenters. The first kappa shape index (κ1) is 20.3. The van der Waals surface area contributed by atoms with Gasteiger partial charge in [0.15, 0.2) is 0 Å². The maximum absolute atomic E-state index is 5.70. The van der Waals surface area contributed by atoms with E-state index >= 15 is 0 Å². The minimum atomic E-state index is 0.147. The van der Waals surface area contributed by atoms with Gasteiger partial charge >= 0.3 is 0 Å². The molecular formula is C22H26N4O3. The SMILES string of the molecule is COc1ccc(OCCNc2ccnc(Nc3ccc(OC(C)C)cc3)n2)cc1. The number of anilines is 3. The van der Waals surface area contributed by atoms with Crippen molar-refractivity contribution in [3.63, 3.8) is 0 Å². The Bertz CT molecular complexity index is 883. The molecule has 1 heterocycles. The first-order valence-electron chi connectivity index (χ1n) is 9.50. The highest BCUT2D eigenvalue weighted by atomic mass is 16.5. The van der Waals surface area contributed by atoms with Gasteiger partial charge in [-0.05, 0) is 68.4 Å². The molecule has 0 saturated heterocycles. The summed E-state index contributed by atoms with van der Waals surface area (Å²) in [5.41, 5.74) is 0.890. The molecule has 3 aromatic rings. The maximum atomic E-state index is 5.70. The van der Waals surface area contributed by atoms with Crippen molar-refractivity contribution in [2.24, 2.45) is 0 Å². The molecule has 3 rings (SSSR count). The molecule has 0 bridgehead atoms. The Labute approximate surface area is 171 Å². The Morgan fingerprint density at radius 3 is 2.28 bits per heavy atom. The van der Waals surface area contributed by atoms with Crippen molar-refractivity contribution >= 4 is 17.5 Å². The number of ether oxygens (including phenoxy) is 3. The van der Waals surface area contributed by atoms with E-state index in [1.807, 2.05) is 68.4 Å². The lowest BCUT2D eigenvalue weighted by Crippen LogP contribution is -2.13. The van der Waals surface area contributed by atoms with E-state index in [0.717, 1.165) is 28.8 Å². The second kappa shape index (κ2) is 10.2. The van der Waals surface area contributed by atoms with Crippen molar-refractivity contribution < 1.29 is 14.2 Å². The lowest BCUT2D eigenvalue weighted by atomic mass is 10.3. The zero-order chi connectivity index (χ0) is 20.5. The average Bonchev–Trinajstić information content (AvgIpc) is 2.73. The summed E-state index contributed by atoms with van der Waals surface area (Å²) in [6.07, 6.45) is 1.85. The van der Waals surface area contributed by atoms with E-state index < -0.39 is 0 Å². The van der Waals surface area contributed by atoms with Crippen molar-refractivity contribution in [3.05, 3.63) is 60.8 Å². The summed E-state index contributed by atoms with van der Waals surface area (Å²) in [6, 6.07) is 17.0. The lowest BCUT2D eigenvalue weighted by molar-refractivity contribution is 0.242. The van der Waals surface area contributed by atoms with Crippen LogP contribution in [0, 0.1) is 0 Å². The van der Waals surface area contributed by atoms with Crippen molar-refractivity contribution in [2.45, 2.75) is 20.0 Å². The molecule has 152 valence electrons. The predicted octanol–water partition coefficient (Wildman–Crippen LogP) is 4.51. The van der Waals surface area contributed by atoms with Crippen LogP contribution in [0.1, 0.15) is 13.8 Å². The molecule has 0 fully saturated rings. The van der Waals surface area contributed by atoms with E-state index in [4.69, 9.17) is 14.2 Å². The van der Waals surface area contributed by atoms with E-state index in [1.54, 1.807) is 13.3 Å². The molecule has 29 heavy (non-hydrogen) atoms. The first-order valence-corrected chi connectivity index (χ1v) is 9.50. The van der Waals surface area contributed by atoms with Crippen molar-refractivity contribution in [1.82, 2.24) is 9.97 Å². The van der Waals surface area contributed by atoms with Crippen LogP contribution in [0.4, 0.5) is 17.5 Å². The molecule has 2 aromatic carbocycles. The third kappa shape index (κ3) is 6.57. The van der Waals surface area contributed by atoms with Gasteiger partial charge in [-0.15, -0.1) is 0 Å². The van der Waals surface area contributed by atoms with Crippen LogP contribution in [0.2, 0.25) is 0 Å². The van der Waals surface area contributed by atoms with Crippen LogP contribution in [-0.4, -0.2) is 36.3 Å². The predicted molar refractivity (Wildman–Crippen MR) is 114 cm³/mol. The fourth-order valence-corrected chi connectivity index (χ4v) is 2.56. The zero-order valence-electron chi connectivity index (χ0n) is 16.9. The topological polar surface area (TPSA) is 77.5 Å². The van der Waals surface area contributed by atoms with Crippen LogP contribution in [0.15, 0.2) is 60.8 Å². The van der Waals surface area contributed by atoms with Gasteiger partial charge in [-0.2, -0.15) is 4.98 Å². The Morgan fingerprint density at radius 1 is 0.897 bits per heavy atom. The number of methoxy groups -OCH3 is 1.